The highest BCUT2D eigenvalue weighted by Crippen LogP contribution is 2.10. The number of carbonyl (C=O) groups excluding carboxylic acids is 1. The normalized spacial score (nSPS) is 13.2. The quantitative estimate of drug-likeness (QED) is 0.368. The fraction of sp³-hybridized carbons (Fsp3) is 0.333. The number of halogens is 1. The number of amidine groups is 1. The largest absolute Gasteiger partial charge is 0.409 e. The Bertz CT molecular complexity index is 445. The lowest BCUT2D eigenvalue weighted by Gasteiger charge is -2.24. The minimum absolute atomic E-state index is 0.0567. The van der Waals surface area contributed by atoms with Crippen LogP contribution in [-0.2, 0) is 0 Å². The van der Waals surface area contributed by atoms with Crippen molar-refractivity contribution >= 4 is 11.7 Å². The topological polar surface area (TPSA) is 78.9 Å². The fourth-order valence-electron chi connectivity index (χ4n) is 1.48. The van der Waals surface area contributed by atoms with E-state index in [0.717, 1.165) is 0 Å². The van der Waals surface area contributed by atoms with Gasteiger partial charge in [0.05, 0.1) is 0 Å². The molecule has 0 saturated carbocycles. The molecule has 1 atom stereocenters. The number of benzene rings is 1. The zero-order valence-electron chi connectivity index (χ0n) is 10.3. The Labute approximate surface area is 105 Å². The van der Waals surface area contributed by atoms with Crippen LogP contribution >= 0.6 is 0 Å². The second kappa shape index (κ2) is 6.00. The molecule has 1 aromatic rings. The van der Waals surface area contributed by atoms with Gasteiger partial charge < -0.3 is 15.8 Å². The number of hydrogen-bond acceptors (Lipinski definition) is 3. The van der Waals surface area contributed by atoms with E-state index >= 15 is 0 Å². The lowest BCUT2D eigenvalue weighted by molar-refractivity contribution is 0.0747. The van der Waals surface area contributed by atoms with E-state index in [1.54, 1.807) is 14.0 Å². The molecule has 0 aliphatic carbocycles. The minimum Gasteiger partial charge on any atom is -0.409 e. The van der Waals surface area contributed by atoms with Crippen LogP contribution in [0.1, 0.15) is 23.7 Å². The fourth-order valence-corrected chi connectivity index (χ4v) is 1.48. The molecule has 1 rings (SSSR count). The summed E-state index contributed by atoms with van der Waals surface area (Å²) in [5.41, 5.74) is 5.78. The second-order valence-corrected chi connectivity index (χ2v) is 4.07. The molecule has 3 N–H and O–H groups in total. The van der Waals surface area contributed by atoms with Crippen molar-refractivity contribution in [2.24, 2.45) is 10.9 Å². The number of rotatable bonds is 4. The highest BCUT2D eigenvalue weighted by atomic mass is 19.1. The Hall–Kier alpha value is -2.11. The summed E-state index contributed by atoms with van der Waals surface area (Å²) in [6, 6.07) is 5.08. The highest BCUT2D eigenvalue weighted by molar-refractivity contribution is 5.94. The van der Waals surface area contributed by atoms with Crippen molar-refractivity contribution in [1.29, 1.82) is 0 Å². The van der Waals surface area contributed by atoms with Gasteiger partial charge in [0.25, 0.3) is 5.91 Å². The maximum absolute atomic E-state index is 12.7. The summed E-state index contributed by atoms with van der Waals surface area (Å²) in [7, 11) is 1.61. The maximum atomic E-state index is 12.7. The van der Waals surface area contributed by atoms with Gasteiger partial charge in [-0.2, -0.15) is 0 Å². The Morgan fingerprint density at radius 2 is 2.06 bits per heavy atom. The summed E-state index contributed by atoms with van der Waals surface area (Å²) in [4.78, 5) is 13.5. The molecule has 18 heavy (non-hydrogen) atoms. The van der Waals surface area contributed by atoms with E-state index < -0.39 is 0 Å². The number of carbonyl (C=O) groups is 1. The van der Waals surface area contributed by atoms with Gasteiger partial charge in [-0.1, -0.05) is 5.16 Å². The molecular formula is C12H16FN3O2. The van der Waals surface area contributed by atoms with E-state index in [1.807, 2.05) is 0 Å². The predicted octanol–water partition coefficient (Wildman–Crippen LogP) is 1.42. The first-order valence-corrected chi connectivity index (χ1v) is 5.44. The molecule has 6 heteroatoms. The van der Waals surface area contributed by atoms with Crippen LogP contribution in [0.25, 0.3) is 0 Å². The summed E-state index contributed by atoms with van der Waals surface area (Å²) in [6.45, 7) is 1.78. The van der Waals surface area contributed by atoms with E-state index in [-0.39, 0.29) is 30.0 Å². The van der Waals surface area contributed by atoms with Gasteiger partial charge in [-0.3, -0.25) is 4.79 Å². The van der Waals surface area contributed by atoms with Gasteiger partial charge in [-0.25, -0.2) is 4.39 Å². The van der Waals surface area contributed by atoms with Crippen molar-refractivity contribution in [3.63, 3.8) is 0 Å². The number of nitrogens with zero attached hydrogens (tertiary/aromatic N) is 2. The average Bonchev–Trinajstić information content (AvgIpc) is 2.37. The molecule has 1 aromatic carbocycles. The first kappa shape index (κ1) is 14.0. The van der Waals surface area contributed by atoms with Gasteiger partial charge in [-0.15, -0.1) is 0 Å². The van der Waals surface area contributed by atoms with Crippen molar-refractivity contribution < 1.29 is 14.4 Å². The Morgan fingerprint density at radius 3 is 2.56 bits per heavy atom. The highest BCUT2D eigenvalue weighted by Gasteiger charge is 2.18. The third kappa shape index (κ3) is 3.44. The van der Waals surface area contributed by atoms with Crippen molar-refractivity contribution in [2.45, 2.75) is 19.4 Å². The predicted molar refractivity (Wildman–Crippen MR) is 66.0 cm³/mol. The van der Waals surface area contributed by atoms with Crippen LogP contribution in [0.15, 0.2) is 29.4 Å². The van der Waals surface area contributed by atoms with E-state index in [4.69, 9.17) is 10.9 Å². The Kier molecular flexibility index (Phi) is 4.65. The molecule has 0 bridgehead atoms. The second-order valence-electron chi connectivity index (χ2n) is 4.07. The van der Waals surface area contributed by atoms with Crippen LogP contribution in [0, 0.1) is 5.82 Å². The van der Waals surface area contributed by atoms with Gasteiger partial charge in [0.1, 0.15) is 11.7 Å². The summed E-state index contributed by atoms with van der Waals surface area (Å²) in [5.74, 6) is -0.576. The lowest BCUT2D eigenvalue weighted by atomic mass is 10.1. The van der Waals surface area contributed by atoms with Crippen LogP contribution in [0.4, 0.5) is 4.39 Å². The molecule has 0 saturated heterocycles. The van der Waals surface area contributed by atoms with Crippen molar-refractivity contribution in [2.75, 3.05) is 7.05 Å². The van der Waals surface area contributed by atoms with Crippen molar-refractivity contribution in [3.8, 4) is 0 Å². The molecular weight excluding hydrogens is 237 g/mol. The van der Waals surface area contributed by atoms with Gasteiger partial charge in [0.2, 0.25) is 0 Å². The van der Waals surface area contributed by atoms with Crippen LogP contribution in [0.5, 0.6) is 0 Å². The van der Waals surface area contributed by atoms with Gasteiger partial charge >= 0.3 is 0 Å². The monoisotopic (exact) mass is 253 g/mol. The molecule has 98 valence electrons. The third-order valence-electron chi connectivity index (χ3n) is 2.71. The lowest BCUT2D eigenvalue weighted by Crippen LogP contribution is -2.37. The number of nitrogens with two attached hydrogens (primary N) is 1. The molecule has 1 unspecified atom stereocenters. The third-order valence-corrected chi connectivity index (χ3v) is 2.71. The van der Waals surface area contributed by atoms with Gasteiger partial charge in [0, 0.05) is 25.1 Å². The van der Waals surface area contributed by atoms with Crippen molar-refractivity contribution in [3.05, 3.63) is 35.6 Å². The molecule has 0 aliphatic heterocycles. The van der Waals surface area contributed by atoms with E-state index in [1.165, 1.54) is 29.2 Å². The molecule has 0 heterocycles. The SMILES string of the molecule is CC(CC(N)=NO)N(C)C(=O)c1ccc(F)cc1. The molecule has 5 nitrogen and oxygen atoms in total. The Morgan fingerprint density at radius 1 is 1.50 bits per heavy atom. The van der Waals surface area contributed by atoms with Crippen LogP contribution in [0.3, 0.4) is 0 Å². The van der Waals surface area contributed by atoms with E-state index in [9.17, 15) is 9.18 Å². The molecule has 0 aromatic heterocycles. The zero-order chi connectivity index (χ0) is 13.7. The molecule has 0 aliphatic rings. The minimum atomic E-state index is -0.390. The van der Waals surface area contributed by atoms with E-state index in [2.05, 4.69) is 5.16 Å². The molecule has 0 spiro atoms. The number of amides is 1. The molecule has 1 amide bonds. The zero-order valence-corrected chi connectivity index (χ0v) is 10.3. The maximum Gasteiger partial charge on any atom is 0.253 e. The van der Waals surface area contributed by atoms with Crippen LogP contribution in [0.2, 0.25) is 0 Å². The summed E-state index contributed by atoms with van der Waals surface area (Å²) >= 11 is 0. The summed E-state index contributed by atoms with van der Waals surface area (Å²) < 4.78 is 12.7. The van der Waals surface area contributed by atoms with Gasteiger partial charge in [-0.05, 0) is 31.2 Å². The van der Waals surface area contributed by atoms with Crippen LogP contribution < -0.4 is 5.73 Å². The van der Waals surface area contributed by atoms with Gasteiger partial charge in [0.15, 0.2) is 0 Å². The van der Waals surface area contributed by atoms with Crippen molar-refractivity contribution in [1.82, 2.24) is 4.90 Å². The first-order valence-electron chi connectivity index (χ1n) is 5.44. The number of oxime groups is 1. The Balaban J connectivity index is 2.74. The van der Waals surface area contributed by atoms with E-state index in [0.29, 0.717) is 5.56 Å². The average molecular weight is 253 g/mol. The standard InChI is InChI=1S/C12H16FN3O2/c1-8(7-11(14)15-18)16(2)12(17)9-3-5-10(13)6-4-9/h3-6,8,18H,7H2,1-2H3,(H2,14,15). The first-order chi connectivity index (χ1) is 8.45. The van der Waals surface area contributed by atoms with Crippen LogP contribution in [-0.4, -0.2) is 34.9 Å². The smallest absolute Gasteiger partial charge is 0.253 e. The summed E-state index contributed by atoms with van der Waals surface area (Å²) in [6.07, 6.45) is 0.264. The molecule has 0 radical (unpaired) electrons. The summed E-state index contributed by atoms with van der Waals surface area (Å²) in [5, 5.41) is 11.3. The number of hydrogen-bond donors (Lipinski definition) is 2. The molecule has 0 fully saturated rings.